The molecule has 1 spiro atoms. The van der Waals surface area contributed by atoms with Crippen LogP contribution in [0.15, 0.2) is 12.2 Å². The van der Waals surface area contributed by atoms with E-state index in [1.54, 1.807) is 6.92 Å². The van der Waals surface area contributed by atoms with Crippen LogP contribution in [0, 0.1) is 40.4 Å². The van der Waals surface area contributed by atoms with Crippen molar-refractivity contribution >= 4 is 5.97 Å². The molecule has 0 radical (unpaired) electrons. The predicted octanol–water partition coefficient (Wildman–Crippen LogP) is 3.54. The Morgan fingerprint density at radius 3 is 2.64 bits per heavy atom. The lowest BCUT2D eigenvalue weighted by atomic mass is 9.43. The van der Waals surface area contributed by atoms with Gasteiger partial charge in [0.2, 0.25) is 0 Å². The van der Waals surface area contributed by atoms with Crippen molar-refractivity contribution in [3.63, 3.8) is 0 Å². The van der Waals surface area contributed by atoms with Crippen molar-refractivity contribution in [1.82, 2.24) is 0 Å². The highest BCUT2D eigenvalue weighted by Crippen LogP contribution is 2.70. The molecule has 4 N–H and O–H groups in total. The van der Waals surface area contributed by atoms with E-state index in [0.717, 1.165) is 37.7 Å². The second-order valence-corrected chi connectivity index (χ2v) is 12.5. The number of aliphatic hydroxyl groups is 2. The summed E-state index contributed by atoms with van der Waals surface area (Å²) in [6, 6.07) is 0. The molecule has 4 saturated carbocycles. The van der Waals surface area contributed by atoms with Gasteiger partial charge in [-0.2, -0.15) is 4.89 Å². The Bertz CT molecular complexity index is 862. The highest BCUT2D eigenvalue weighted by atomic mass is 17.5. The highest BCUT2D eigenvalue weighted by molar-refractivity contribution is 5.71. The van der Waals surface area contributed by atoms with E-state index < -0.39 is 54.6 Å². The smallest absolute Gasteiger partial charge is 0.306 e. The molecule has 0 amide bonds. The lowest BCUT2D eigenvalue weighted by Crippen LogP contribution is -2.60. The van der Waals surface area contributed by atoms with Crippen LogP contribution < -0.4 is 0 Å². The zero-order chi connectivity index (χ0) is 26.0. The van der Waals surface area contributed by atoms with Crippen LogP contribution in [0.4, 0.5) is 0 Å². The van der Waals surface area contributed by atoms with E-state index in [0.29, 0.717) is 25.2 Å². The van der Waals surface area contributed by atoms with Crippen LogP contribution in [-0.2, 0) is 24.2 Å². The number of ether oxygens (including phenoxy) is 2. The number of aliphatic carboxylic acids is 1. The van der Waals surface area contributed by atoms with Gasteiger partial charge in [-0.1, -0.05) is 32.4 Å². The van der Waals surface area contributed by atoms with Crippen molar-refractivity contribution in [3.05, 3.63) is 12.2 Å². The summed E-state index contributed by atoms with van der Waals surface area (Å²) in [6.45, 7) is 10.1. The van der Waals surface area contributed by atoms with Gasteiger partial charge < -0.3 is 24.8 Å². The first-order chi connectivity index (χ1) is 17.1. The van der Waals surface area contributed by atoms with Crippen LogP contribution >= 0.6 is 0 Å². The summed E-state index contributed by atoms with van der Waals surface area (Å²) < 4.78 is 12.4. The summed E-state index contributed by atoms with van der Waals surface area (Å²) in [5.41, 5.74) is 0.417. The van der Waals surface area contributed by atoms with Crippen LogP contribution in [0.5, 0.6) is 0 Å². The molecule has 36 heavy (non-hydrogen) atoms. The normalized spacial score (nSPS) is 52.5. The van der Waals surface area contributed by atoms with Crippen LogP contribution in [0.25, 0.3) is 0 Å². The molecule has 1 saturated heterocycles. The fourth-order valence-electron chi connectivity index (χ4n) is 9.27. The van der Waals surface area contributed by atoms with E-state index in [9.17, 15) is 20.1 Å². The van der Waals surface area contributed by atoms with E-state index in [1.165, 1.54) is 0 Å². The maximum absolute atomic E-state index is 12.5. The maximum Gasteiger partial charge on any atom is 0.306 e. The van der Waals surface area contributed by atoms with Gasteiger partial charge in [-0.15, -0.1) is 0 Å². The molecule has 2 bridgehead atoms. The number of carboxylic acids is 1. The van der Waals surface area contributed by atoms with E-state index in [1.807, 2.05) is 6.92 Å². The first kappa shape index (κ1) is 26.5. The standard InChI is InChI=1S/C27H42O9/c1-5-19-22(35-36-32)14(3)21(28)25(34-19)33-16-10-17(24(30)31)18-8-9-27-11-15(13(2)23(27)29)6-7-20(27)26(18,4)12-16/h14-23,25,28-29,32H,2,5-12H2,1,3-4H3,(H,30,31)/t14-,15?,16?,17?,18?,19?,20?,21?,22?,23?,25?,26?,27?/m1/s1. The largest absolute Gasteiger partial charge is 0.481 e. The zero-order valence-corrected chi connectivity index (χ0v) is 21.5. The molecule has 12 unspecified atom stereocenters. The molecule has 9 heteroatoms. The molecule has 5 aliphatic rings. The van der Waals surface area contributed by atoms with Crippen molar-refractivity contribution in [3.8, 4) is 0 Å². The second kappa shape index (κ2) is 9.59. The van der Waals surface area contributed by atoms with Gasteiger partial charge in [0, 0.05) is 11.3 Å². The Hall–Kier alpha value is -1.07. The highest BCUT2D eigenvalue weighted by Gasteiger charge is 2.66. The summed E-state index contributed by atoms with van der Waals surface area (Å²) in [5, 5.41) is 45.2. The minimum absolute atomic E-state index is 0.0158. The Kier molecular flexibility index (Phi) is 7.07. The molecule has 4 aliphatic carbocycles. The van der Waals surface area contributed by atoms with Gasteiger partial charge in [-0.25, -0.2) is 5.26 Å². The number of fused-ring (bicyclic) bond motifs is 3. The molecule has 5 rings (SSSR count). The minimum Gasteiger partial charge on any atom is -0.481 e. The topological polar surface area (TPSA) is 135 Å². The molecule has 0 aromatic rings. The van der Waals surface area contributed by atoms with Crippen molar-refractivity contribution < 1.29 is 44.8 Å². The van der Waals surface area contributed by atoms with Crippen LogP contribution in [0.3, 0.4) is 0 Å². The van der Waals surface area contributed by atoms with E-state index in [2.05, 4.69) is 18.5 Å². The fourth-order valence-corrected chi connectivity index (χ4v) is 9.27. The third-order valence-electron chi connectivity index (χ3n) is 11.0. The number of rotatable bonds is 6. The Morgan fingerprint density at radius 2 is 1.97 bits per heavy atom. The first-order valence-corrected chi connectivity index (χ1v) is 13.6. The molecular formula is C27H42O9. The lowest BCUT2D eigenvalue weighted by Gasteiger charge is -2.62. The quantitative estimate of drug-likeness (QED) is 0.183. The molecule has 5 fully saturated rings. The lowest BCUT2D eigenvalue weighted by molar-refractivity contribution is -0.524. The Balaban J connectivity index is 1.40. The van der Waals surface area contributed by atoms with Gasteiger partial charge in [0.1, 0.15) is 12.2 Å². The molecule has 0 aromatic heterocycles. The number of hydrogen-bond acceptors (Lipinski definition) is 8. The maximum atomic E-state index is 12.5. The third-order valence-corrected chi connectivity index (χ3v) is 11.0. The van der Waals surface area contributed by atoms with Crippen molar-refractivity contribution in [2.24, 2.45) is 40.4 Å². The van der Waals surface area contributed by atoms with E-state index in [-0.39, 0.29) is 22.7 Å². The average molecular weight is 511 g/mol. The van der Waals surface area contributed by atoms with Crippen molar-refractivity contribution in [2.45, 2.75) is 109 Å². The van der Waals surface area contributed by atoms with Gasteiger partial charge in [0.05, 0.1) is 24.2 Å². The number of aliphatic hydroxyl groups excluding tert-OH is 2. The third kappa shape index (κ3) is 3.89. The first-order valence-electron chi connectivity index (χ1n) is 13.6. The second-order valence-electron chi connectivity index (χ2n) is 12.5. The molecule has 13 atom stereocenters. The zero-order valence-electron chi connectivity index (χ0n) is 21.5. The van der Waals surface area contributed by atoms with Crippen LogP contribution in [0.2, 0.25) is 0 Å². The van der Waals surface area contributed by atoms with Gasteiger partial charge >= 0.3 is 5.97 Å². The predicted molar refractivity (Wildman–Crippen MR) is 127 cm³/mol. The summed E-state index contributed by atoms with van der Waals surface area (Å²) in [7, 11) is 0. The Morgan fingerprint density at radius 1 is 1.22 bits per heavy atom. The van der Waals surface area contributed by atoms with E-state index in [4.69, 9.17) is 19.6 Å². The van der Waals surface area contributed by atoms with Crippen molar-refractivity contribution in [1.29, 1.82) is 0 Å². The van der Waals surface area contributed by atoms with Crippen LogP contribution in [0.1, 0.15) is 72.1 Å². The molecule has 0 aromatic carbocycles. The van der Waals surface area contributed by atoms with Gasteiger partial charge in [0.15, 0.2) is 6.29 Å². The molecule has 1 heterocycles. The van der Waals surface area contributed by atoms with Crippen LogP contribution in [-0.4, -0.2) is 63.4 Å². The fraction of sp³-hybridized carbons (Fsp3) is 0.889. The molecule has 1 aliphatic heterocycles. The van der Waals surface area contributed by atoms with Gasteiger partial charge in [-0.3, -0.25) is 4.79 Å². The SMILES string of the molecule is C=C1C2CCC3C4(C)CC(OC5OC(CC)C(OOO)[C@H](C)C5O)CC(C(=O)O)C4CCC3(C2)C1O. The van der Waals surface area contributed by atoms with Gasteiger partial charge in [0.25, 0.3) is 0 Å². The van der Waals surface area contributed by atoms with Gasteiger partial charge in [-0.05, 0) is 80.1 Å². The summed E-state index contributed by atoms with van der Waals surface area (Å²) in [5.74, 6) is -1.22. The number of carboxylic acid groups (broad SMARTS) is 1. The average Bonchev–Trinajstić information content (AvgIpc) is 3.02. The molecule has 9 nitrogen and oxygen atoms in total. The number of carbonyl (C=O) groups is 1. The van der Waals surface area contributed by atoms with E-state index >= 15 is 0 Å². The molecular weight excluding hydrogens is 468 g/mol. The summed E-state index contributed by atoms with van der Waals surface area (Å²) >= 11 is 0. The monoisotopic (exact) mass is 510 g/mol. The molecule has 204 valence electrons. The Labute approximate surface area is 212 Å². The summed E-state index contributed by atoms with van der Waals surface area (Å²) in [4.78, 5) is 17.5. The number of hydrogen-bond donors (Lipinski definition) is 4. The van der Waals surface area contributed by atoms with Crippen molar-refractivity contribution in [2.75, 3.05) is 0 Å². The minimum atomic E-state index is -1.03. The summed E-state index contributed by atoms with van der Waals surface area (Å²) in [6.07, 6.45) is 2.07.